The van der Waals surface area contributed by atoms with Gasteiger partial charge in [-0.1, -0.05) is 65.3 Å². The van der Waals surface area contributed by atoms with Crippen molar-refractivity contribution in [2.45, 2.75) is 71.4 Å². The number of likely N-dealkylation sites (N-methyl/N-ethyl adjacent to an activating group) is 1. The van der Waals surface area contributed by atoms with E-state index in [1.165, 1.54) is 13.0 Å². The maximum Gasteiger partial charge on any atom is 0.243 e. The van der Waals surface area contributed by atoms with Crippen molar-refractivity contribution >= 4 is 80.0 Å². The number of thiazole rings is 1. The Morgan fingerprint density at radius 3 is 2.42 bits per heavy atom. The minimum absolute atomic E-state index is 0.00935. The molecule has 4 aromatic carbocycles. The van der Waals surface area contributed by atoms with Gasteiger partial charge in [0.2, 0.25) is 29.6 Å². The number of piperazine rings is 1. The van der Waals surface area contributed by atoms with E-state index in [-0.39, 0.29) is 96.9 Å². The third-order valence-electron chi connectivity index (χ3n) is 14.4. The van der Waals surface area contributed by atoms with Crippen molar-refractivity contribution in [2.75, 3.05) is 89.5 Å². The number of aryl methyl sites for hydroxylation is 2. The molecule has 3 aromatic heterocycles. The Bertz CT molecular complexity index is 3300. The van der Waals surface area contributed by atoms with Crippen molar-refractivity contribution < 1.29 is 42.7 Å². The van der Waals surface area contributed by atoms with Crippen LogP contribution in [-0.4, -0.2) is 149 Å². The number of carbonyl (C=O) groups excluding carboxylic acids is 4. The normalized spacial score (nSPS) is 15.5. The van der Waals surface area contributed by atoms with E-state index in [4.69, 9.17) is 30.6 Å². The number of amides is 4. The fraction of sp³-hybridized carbons (Fsp3) is 0.404. The number of hydrogen-bond donors (Lipinski definition) is 3. The molecule has 5 heterocycles. The topological polar surface area (TPSA) is 209 Å². The number of fused-ring (bicyclic) bond motifs is 2. The van der Waals surface area contributed by atoms with Gasteiger partial charge in [0, 0.05) is 89.8 Å². The minimum atomic E-state index is -0.704. The molecule has 0 spiro atoms. The number of carbonyl (C=O) groups is 4. The second kappa shape index (κ2) is 25.0. The van der Waals surface area contributed by atoms with Crippen molar-refractivity contribution in [3.8, 4) is 27.3 Å². The Kier molecular flexibility index (Phi) is 17.8. The Labute approximate surface area is 460 Å². The maximum atomic E-state index is 17.0. The first-order valence-corrected chi connectivity index (χ1v) is 27.5. The van der Waals surface area contributed by atoms with Crippen LogP contribution < -0.4 is 15.5 Å². The zero-order valence-corrected chi connectivity index (χ0v) is 46.0. The molecule has 0 aliphatic carbocycles. The van der Waals surface area contributed by atoms with Crippen LogP contribution in [0.25, 0.3) is 43.2 Å². The first-order valence-electron chi connectivity index (χ1n) is 26.2. The predicted octanol–water partition coefficient (Wildman–Crippen LogP) is 8.68. The van der Waals surface area contributed by atoms with Crippen LogP contribution in [-0.2, 0) is 28.7 Å². The summed E-state index contributed by atoms with van der Waals surface area (Å²) in [5, 5.41) is 22.8. The number of ether oxygens (including phenoxy) is 2. The van der Waals surface area contributed by atoms with E-state index in [0.29, 0.717) is 97.5 Å². The largest absolute Gasteiger partial charge is 0.508 e. The standard InChI is InChI=1S/C57H64ClFN10O8S/c1-34-29-48(77-65-34)43(56(74)69-19-8-11-47(69)55(73)62-35(2)38-12-14-39(15-13-38)53-36(3)61-33-78-53)17-25-75-27-28-76-26-24-66(5)49(72)16-18-60-57-63-52-45(54(64-57)68-22-20-67(21-23-68)37(4)70)32-46(58)50(51(52)59)44-31-41(71)30-40-9-6-7-10-42(40)44/h6-7,9-10,12-15,29-33,35,43,47,71H,8,11,16-28H2,1-5H3,(H,62,73)(H,60,63,64)/t35-,43?,47-/m0/s1. The fourth-order valence-corrected chi connectivity index (χ4v) is 11.2. The first-order chi connectivity index (χ1) is 37.6. The quantitative estimate of drug-likeness (QED) is 0.0576. The van der Waals surface area contributed by atoms with Crippen molar-refractivity contribution in [2.24, 2.45) is 0 Å². The fourth-order valence-electron chi connectivity index (χ4n) is 10.1. The molecule has 7 aromatic rings. The molecular weight excluding hydrogens is 1040 g/mol. The Morgan fingerprint density at radius 1 is 0.949 bits per heavy atom. The van der Waals surface area contributed by atoms with E-state index in [0.717, 1.165) is 21.7 Å². The van der Waals surface area contributed by atoms with Gasteiger partial charge in [-0.05, 0) is 85.7 Å². The van der Waals surface area contributed by atoms with Crippen LogP contribution in [0.15, 0.2) is 82.8 Å². The van der Waals surface area contributed by atoms with Gasteiger partial charge in [-0.25, -0.2) is 14.4 Å². The molecule has 78 heavy (non-hydrogen) atoms. The van der Waals surface area contributed by atoms with Crippen LogP contribution in [0.3, 0.4) is 0 Å². The van der Waals surface area contributed by atoms with Gasteiger partial charge in [0.05, 0.1) is 52.7 Å². The highest BCUT2D eigenvalue weighted by molar-refractivity contribution is 7.13. The summed E-state index contributed by atoms with van der Waals surface area (Å²) in [5.74, 6) is -1.10. The summed E-state index contributed by atoms with van der Waals surface area (Å²) < 4.78 is 34.4. The number of rotatable bonds is 21. The number of aromatic nitrogens is 4. The molecule has 3 atom stereocenters. The number of nitrogens with one attached hydrogen (secondary N) is 2. The van der Waals surface area contributed by atoms with E-state index in [1.807, 2.05) is 72.8 Å². The van der Waals surface area contributed by atoms with Crippen molar-refractivity contribution in [1.82, 2.24) is 40.1 Å². The van der Waals surface area contributed by atoms with Crippen molar-refractivity contribution in [1.29, 1.82) is 0 Å². The highest BCUT2D eigenvalue weighted by Gasteiger charge is 2.39. The van der Waals surface area contributed by atoms with E-state index in [1.54, 1.807) is 58.2 Å². The smallest absolute Gasteiger partial charge is 0.243 e. The number of likely N-dealkylation sites (tertiary alicyclic amines) is 1. The van der Waals surface area contributed by atoms with Crippen LogP contribution in [0.5, 0.6) is 5.75 Å². The molecule has 0 radical (unpaired) electrons. The van der Waals surface area contributed by atoms with E-state index >= 15 is 4.39 Å². The number of anilines is 2. The molecule has 3 N–H and O–H groups in total. The van der Waals surface area contributed by atoms with Crippen molar-refractivity contribution in [3.05, 3.63) is 112 Å². The van der Waals surface area contributed by atoms with E-state index < -0.39 is 17.8 Å². The Morgan fingerprint density at radius 2 is 1.71 bits per heavy atom. The van der Waals surface area contributed by atoms with Gasteiger partial charge < -0.3 is 49.3 Å². The zero-order chi connectivity index (χ0) is 55.0. The average Bonchev–Trinajstić information content (AvgIpc) is 4.32. The predicted molar refractivity (Wildman–Crippen MR) is 298 cm³/mol. The summed E-state index contributed by atoms with van der Waals surface area (Å²) in [6.45, 7) is 10.9. The lowest BCUT2D eigenvalue weighted by Gasteiger charge is -2.35. The molecule has 9 rings (SSSR count). The average molecular weight is 1100 g/mol. The Hall–Kier alpha value is -7.26. The number of phenols is 1. The van der Waals surface area contributed by atoms with Gasteiger partial charge in [0.15, 0.2) is 5.82 Å². The molecule has 4 amide bonds. The summed E-state index contributed by atoms with van der Waals surface area (Å²) in [6.07, 6.45) is 1.62. The highest BCUT2D eigenvalue weighted by atomic mass is 35.5. The molecule has 1 unspecified atom stereocenters. The molecule has 2 aliphatic rings. The monoisotopic (exact) mass is 1100 g/mol. The lowest BCUT2D eigenvalue weighted by Crippen LogP contribution is -2.48. The van der Waals surface area contributed by atoms with Crippen LogP contribution in [0, 0.1) is 19.7 Å². The van der Waals surface area contributed by atoms with Crippen LogP contribution in [0.2, 0.25) is 5.02 Å². The van der Waals surface area contributed by atoms with Gasteiger partial charge >= 0.3 is 0 Å². The second-order valence-electron chi connectivity index (χ2n) is 19.8. The lowest BCUT2D eigenvalue weighted by molar-refractivity contribution is -0.140. The van der Waals surface area contributed by atoms with Crippen LogP contribution in [0.1, 0.15) is 74.2 Å². The van der Waals surface area contributed by atoms with Gasteiger partial charge in [-0.3, -0.25) is 19.2 Å². The SMILES string of the molecule is CC(=O)N1CCN(c2nc(NCCC(=O)N(C)CCOCCOCCC(C(=O)N3CCC[C@H]3C(=O)N[C@@H](C)c3ccc(-c4scnc4C)cc3)c3cc(C)no3)nc3c(F)c(-c4cc(O)cc5ccccc45)c(Cl)cc23)CC1. The van der Waals surface area contributed by atoms with Gasteiger partial charge in [0.25, 0.3) is 0 Å². The first kappa shape index (κ1) is 55.5. The second-order valence-corrected chi connectivity index (χ2v) is 21.0. The van der Waals surface area contributed by atoms with E-state index in [2.05, 4.69) is 25.8 Å². The zero-order valence-electron chi connectivity index (χ0n) is 44.4. The molecule has 18 nitrogen and oxygen atoms in total. The number of halogens is 2. The maximum absolute atomic E-state index is 17.0. The molecule has 0 saturated carbocycles. The Balaban J connectivity index is 0.749. The summed E-state index contributed by atoms with van der Waals surface area (Å²) in [5.41, 5.74) is 5.98. The summed E-state index contributed by atoms with van der Waals surface area (Å²) in [6, 6.07) is 21.0. The lowest BCUT2D eigenvalue weighted by atomic mass is 9.96. The third-order valence-corrected chi connectivity index (χ3v) is 15.7. The number of aromatic hydroxyl groups is 1. The number of nitrogens with zero attached hydrogens (tertiary/aromatic N) is 8. The molecule has 410 valence electrons. The van der Waals surface area contributed by atoms with Gasteiger partial charge in [0.1, 0.15) is 34.8 Å². The molecule has 21 heteroatoms. The van der Waals surface area contributed by atoms with Crippen LogP contribution in [0.4, 0.5) is 16.2 Å². The molecule has 2 aliphatic heterocycles. The number of phenolic OH excluding ortho intramolecular Hbond substituents is 1. The van der Waals surface area contributed by atoms with Gasteiger partial charge in [-0.2, -0.15) is 4.98 Å². The molecule has 2 fully saturated rings. The minimum Gasteiger partial charge on any atom is -0.508 e. The van der Waals surface area contributed by atoms with Gasteiger partial charge in [-0.15, -0.1) is 11.3 Å². The van der Waals surface area contributed by atoms with Crippen molar-refractivity contribution in [3.63, 3.8) is 0 Å². The van der Waals surface area contributed by atoms with E-state index in [9.17, 15) is 24.3 Å². The summed E-state index contributed by atoms with van der Waals surface area (Å²) in [4.78, 5) is 75.2. The molecule has 2 saturated heterocycles. The number of hydrogen-bond acceptors (Lipinski definition) is 15. The summed E-state index contributed by atoms with van der Waals surface area (Å²) >= 11 is 8.48. The third kappa shape index (κ3) is 12.7. The van der Waals surface area contributed by atoms with Crippen LogP contribution >= 0.6 is 22.9 Å². The molecular formula is C57H64ClFN10O8S. The highest BCUT2D eigenvalue weighted by Crippen LogP contribution is 2.42. The summed E-state index contributed by atoms with van der Waals surface area (Å²) in [7, 11) is 1.68. The number of benzene rings is 4. The molecule has 0 bridgehead atoms.